The number of nitrogens with two attached hydrogens (primary N) is 1. The van der Waals surface area contributed by atoms with Gasteiger partial charge in [0, 0.05) is 24.8 Å². The first-order chi connectivity index (χ1) is 15.7. The lowest BCUT2D eigenvalue weighted by molar-refractivity contribution is 0.638. The molecule has 6 heteroatoms. The SMILES string of the molecule is CCCC(N)c1ccc(N=Nc2ccc(N=Nc3ccc(N4CCCC4)cc3)cc2)cc1. The molecule has 3 aromatic rings. The highest BCUT2D eigenvalue weighted by molar-refractivity contribution is 5.54. The molecule has 32 heavy (non-hydrogen) atoms. The Morgan fingerprint density at radius 1 is 0.688 bits per heavy atom. The third-order valence-electron chi connectivity index (χ3n) is 5.65. The average Bonchev–Trinajstić information content (AvgIpc) is 3.38. The molecule has 0 saturated carbocycles. The quantitative estimate of drug-likeness (QED) is 0.371. The van der Waals surface area contributed by atoms with Crippen molar-refractivity contribution >= 4 is 28.4 Å². The van der Waals surface area contributed by atoms with Crippen LogP contribution in [0.5, 0.6) is 0 Å². The molecule has 1 atom stereocenters. The number of azo groups is 2. The third kappa shape index (κ3) is 5.86. The molecule has 1 saturated heterocycles. The number of rotatable bonds is 8. The van der Waals surface area contributed by atoms with E-state index in [1.807, 2.05) is 60.7 Å². The molecule has 0 bridgehead atoms. The molecule has 164 valence electrons. The van der Waals surface area contributed by atoms with Gasteiger partial charge in [0.05, 0.1) is 22.7 Å². The summed E-state index contributed by atoms with van der Waals surface area (Å²) in [4.78, 5) is 2.41. The number of anilines is 1. The highest BCUT2D eigenvalue weighted by Gasteiger charge is 2.11. The van der Waals surface area contributed by atoms with Crippen LogP contribution in [-0.4, -0.2) is 13.1 Å². The first kappa shape index (κ1) is 21.8. The van der Waals surface area contributed by atoms with Gasteiger partial charge in [-0.3, -0.25) is 0 Å². The van der Waals surface area contributed by atoms with Crippen LogP contribution in [0, 0.1) is 0 Å². The lowest BCUT2D eigenvalue weighted by Gasteiger charge is -2.17. The first-order valence-electron chi connectivity index (χ1n) is 11.4. The van der Waals surface area contributed by atoms with Gasteiger partial charge in [-0.05, 0) is 85.5 Å². The van der Waals surface area contributed by atoms with Crippen molar-refractivity contribution in [2.24, 2.45) is 26.2 Å². The van der Waals surface area contributed by atoms with Gasteiger partial charge in [-0.25, -0.2) is 0 Å². The van der Waals surface area contributed by atoms with Crippen LogP contribution >= 0.6 is 0 Å². The fourth-order valence-electron chi connectivity index (χ4n) is 3.79. The van der Waals surface area contributed by atoms with Gasteiger partial charge in [-0.1, -0.05) is 25.5 Å². The first-order valence-corrected chi connectivity index (χ1v) is 11.4. The second-order valence-electron chi connectivity index (χ2n) is 8.11. The molecule has 1 fully saturated rings. The normalized spacial score (nSPS) is 15.1. The van der Waals surface area contributed by atoms with E-state index in [-0.39, 0.29) is 6.04 Å². The van der Waals surface area contributed by atoms with Crippen molar-refractivity contribution in [3.8, 4) is 0 Å². The Labute approximate surface area is 189 Å². The molecule has 0 radical (unpaired) electrons. The molecule has 1 unspecified atom stereocenters. The lowest BCUT2D eigenvalue weighted by Crippen LogP contribution is -2.17. The van der Waals surface area contributed by atoms with Crippen LogP contribution in [0.2, 0.25) is 0 Å². The fraction of sp³-hybridized carbons (Fsp3) is 0.308. The van der Waals surface area contributed by atoms with Crippen molar-refractivity contribution in [2.75, 3.05) is 18.0 Å². The molecule has 6 nitrogen and oxygen atoms in total. The molecule has 1 heterocycles. The second-order valence-corrected chi connectivity index (χ2v) is 8.11. The van der Waals surface area contributed by atoms with E-state index in [0.717, 1.165) is 54.2 Å². The summed E-state index contributed by atoms with van der Waals surface area (Å²) in [6.45, 7) is 4.42. The lowest BCUT2D eigenvalue weighted by atomic mass is 10.0. The Morgan fingerprint density at radius 2 is 1.09 bits per heavy atom. The number of hydrogen-bond acceptors (Lipinski definition) is 6. The number of hydrogen-bond donors (Lipinski definition) is 1. The largest absolute Gasteiger partial charge is 0.372 e. The van der Waals surface area contributed by atoms with E-state index in [1.165, 1.54) is 18.5 Å². The number of benzene rings is 3. The maximum atomic E-state index is 6.16. The standard InChI is InChI=1S/C26H30N6/c1-2-5-26(27)20-6-8-21(9-7-20)28-29-22-10-12-23(13-11-22)30-31-24-14-16-25(17-15-24)32-18-3-4-19-32/h6-17,26H,2-5,18-19,27H2,1H3. The maximum absolute atomic E-state index is 6.16. The van der Waals surface area contributed by atoms with E-state index in [4.69, 9.17) is 5.73 Å². The molecule has 0 aromatic heterocycles. The summed E-state index contributed by atoms with van der Waals surface area (Å²) in [5.41, 5.74) is 11.7. The van der Waals surface area contributed by atoms with Gasteiger partial charge in [0.15, 0.2) is 0 Å². The Balaban J connectivity index is 1.33. The van der Waals surface area contributed by atoms with E-state index >= 15 is 0 Å². The van der Waals surface area contributed by atoms with Crippen LogP contribution in [0.15, 0.2) is 93.3 Å². The zero-order valence-electron chi connectivity index (χ0n) is 18.6. The Morgan fingerprint density at radius 3 is 1.53 bits per heavy atom. The topological polar surface area (TPSA) is 78.7 Å². The van der Waals surface area contributed by atoms with Crippen molar-refractivity contribution in [3.05, 3.63) is 78.4 Å². The van der Waals surface area contributed by atoms with Gasteiger partial charge < -0.3 is 10.6 Å². The van der Waals surface area contributed by atoms with Crippen molar-refractivity contribution in [1.82, 2.24) is 0 Å². The summed E-state index contributed by atoms with van der Waals surface area (Å²) in [5, 5.41) is 17.3. The van der Waals surface area contributed by atoms with Crippen LogP contribution in [0.4, 0.5) is 28.4 Å². The van der Waals surface area contributed by atoms with E-state index in [0.29, 0.717) is 0 Å². The van der Waals surface area contributed by atoms with E-state index in [1.54, 1.807) is 0 Å². The summed E-state index contributed by atoms with van der Waals surface area (Å²) in [6, 6.07) is 23.9. The summed E-state index contributed by atoms with van der Waals surface area (Å²) >= 11 is 0. The summed E-state index contributed by atoms with van der Waals surface area (Å²) in [7, 11) is 0. The minimum atomic E-state index is 0.0794. The Bertz CT molecular complexity index is 1030. The Kier molecular flexibility index (Phi) is 7.35. The minimum absolute atomic E-state index is 0.0794. The smallest absolute Gasteiger partial charge is 0.0858 e. The summed E-state index contributed by atoms with van der Waals surface area (Å²) in [5.74, 6) is 0. The predicted octanol–water partition coefficient (Wildman–Crippen LogP) is 7.92. The van der Waals surface area contributed by atoms with Crippen molar-refractivity contribution in [3.63, 3.8) is 0 Å². The number of nitrogens with zero attached hydrogens (tertiary/aromatic N) is 5. The van der Waals surface area contributed by atoms with Gasteiger partial charge >= 0.3 is 0 Å². The highest BCUT2D eigenvalue weighted by Crippen LogP contribution is 2.26. The molecular formula is C26H30N6. The fourth-order valence-corrected chi connectivity index (χ4v) is 3.79. The highest BCUT2D eigenvalue weighted by atomic mass is 15.1. The van der Waals surface area contributed by atoms with Crippen molar-refractivity contribution in [2.45, 2.75) is 38.6 Å². The van der Waals surface area contributed by atoms with Crippen molar-refractivity contribution in [1.29, 1.82) is 0 Å². The molecule has 0 spiro atoms. The molecule has 1 aliphatic heterocycles. The van der Waals surface area contributed by atoms with Gasteiger partial charge in [0.1, 0.15) is 0 Å². The van der Waals surface area contributed by atoms with E-state index in [2.05, 4.69) is 44.4 Å². The molecule has 3 aromatic carbocycles. The summed E-state index contributed by atoms with van der Waals surface area (Å²) < 4.78 is 0. The average molecular weight is 427 g/mol. The zero-order chi connectivity index (χ0) is 22.2. The third-order valence-corrected chi connectivity index (χ3v) is 5.65. The van der Waals surface area contributed by atoms with Crippen LogP contribution in [-0.2, 0) is 0 Å². The van der Waals surface area contributed by atoms with Gasteiger partial charge in [0.2, 0.25) is 0 Å². The molecular weight excluding hydrogens is 396 g/mol. The van der Waals surface area contributed by atoms with Crippen LogP contribution in [0.3, 0.4) is 0 Å². The van der Waals surface area contributed by atoms with Gasteiger partial charge in [0.25, 0.3) is 0 Å². The molecule has 0 amide bonds. The van der Waals surface area contributed by atoms with Crippen LogP contribution in [0.25, 0.3) is 0 Å². The Hall–Kier alpha value is -3.38. The molecule has 4 rings (SSSR count). The van der Waals surface area contributed by atoms with Crippen molar-refractivity contribution < 1.29 is 0 Å². The molecule has 0 aliphatic carbocycles. The summed E-state index contributed by atoms with van der Waals surface area (Å²) in [6.07, 6.45) is 4.60. The van der Waals surface area contributed by atoms with Crippen LogP contribution < -0.4 is 10.6 Å². The second kappa shape index (κ2) is 10.8. The van der Waals surface area contributed by atoms with E-state index in [9.17, 15) is 0 Å². The molecule has 1 aliphatic rings. The predicted molar refractivity (Wildman–Crippen MR) is 131 cm³/mol. The maximum Gasteiger partial charge on any atom is 0.0858 e. The van der Waals surface area contributed by atoms with Gasteiger partial charge in [-0.2, -0.15) is 20.5 Å². The monoisotopic (exact) mass is 426 g/mol. The van der Waals surface area contributed by atoms with Crippen LogP contribution in [0.1, 0.15) is 44.2 Å². The minimum Gasteiger partial charge on any atom is -0.372 e. The zero-order valence-corrected chi connectivity index (χ0v) is 18.6. The van der Waals surface area contributed by atoms with Gasteiger partial charge in [-0.15, -0.1) is 0 Å². The molecule has 2 N–H and O–H groups in total. The van der Waals surface area contributed by atoms with E-state index < -0.39 is 0 Å².